The molecule has 0 atom stereocenters. The topological polar surface area (TPSA) is 30.0 Å². The molecular formula is C15H11NOS. The molecule has 88 valence electrons. The number of para-hydroxylation sites is 1. The molecule has 0 bridgehead atoms. The number of pyridine rings is 1. The van der Waals surface area contributed by atoms with Crippen molar-refractivity contribution in [2.45, 2.75) is 6.92 Å². The molecule has 2 nitrogen and oxygen atoms in total. The van der Waals surface area contributed by atoms with Crippen LogP contribution in [0.25, 0.3) is 10.9 Å². The molecule has 0 saturated heterocycles. The molecule has 0 N–H and O–H groups in total. The van der Waals surface area contributed by atoms with E-state index >= 15 is 0 Å². The van der Waals surface area contributed by atoms with Crippen molar-refractivity contribution < 1.29 is 4.79 Å². The fourth-order valence-electron chi connectivity index (χ4n) is 1.88. The quantitative estimate of drug-likeness (QED) is 0.649. The van der Waals surface area contributed by atoms with Crippen LogP contribution in [0.3, 0.4) is 0 Å². The standard InChI is InChI=1S/C15H11NOS/c1-10-6-9-14(18-10)15(17)13-8-7-11-4-2-3-5-12(11)16-13/h2-9H,1H3. The summed E-state index contributed by atoms with van der Waals surface area (Å²) in [6.45, 7) is 2.00. The van der Waals surface area contributed by atoms with E-state index in [1.54, 1.807) is 6.07 Å². The lowest BCUT2D eigenvalue weighted by Gasteiger charge is -2.00. The van der Waals surface area contributed by atoms with Gasteiger partial charge in [0.25, 0.3) is 0 Å². The van der Waals surface area contributed by atoms with E-state index in [4.69, 9.17) is 0 Å². The van der Waals surface area contributed by atoms with Crippen molar-refractivity contribution in [1.29, 1.82) is 0 Å². The van der Waals surface area contributed by atoms with Gasteiger partial charge >= 0.3 is 0 Å². The van der Waals surface area contributed by atoms with E-state index in [9.17, 15) is 4.79 Å². The third-order valence-corrected chi connectivity index (χ3v) is 3.79. The van der Waals surface area contributed by atoms with Crippen LogP contribution in [0.5, 0.6) is 0 Å². The van der Waals surface area contributed by atoms with Crippen LogP contribution in [0.15, 0.2) is 48.5 Å². The summed E-state index contributed by atoms with van der Waals surface area (Å²) in [6, 6.07) is 15.4. The molecule has 0 fully saturated rings. The minimum Gasteiger partial charge on any atom is -0.286 e. The van der Waals surface area contributed by atoms with Crippen LogP contribution in [-0.2, 0) is 0 Å². The first-order chi connectivity index (χ1) is 8.74. The molecule has 0 aliphatic heterocycles. The van der Waals surface area contributed by atoms with Gasteiger partial charge in [0.05, 0.1) is 10.4 Å². The van der Waals surface area contributed by atoms with E-state index in [0.717, 1.165) is 20.7 Å². The van der Waals surface area contributed by atoms with Gasteiger partial charge in [-0.1, -0.05) is 24.3 Å². The van der Waals surface area contributed by atoms with E-state index in [2.05, 4.69) is 4.98 Å². The van der Waals surface area contributed by atoms with E-state index < -0.39 is 0 Å². The van der Waals surface area contributed by atoms with Crippen molar-refractivity contribution in [2.75, 3.05) is 0 Å². The first-order valence-corrected chi connectivity index (χ1v) is 6.52. The van der Waals surface area contributed by atoms with Gasteiger partial charge in [-0.15, -0.1) is 11.3 Å². The summed E-state index contributed by atoms with van der Waals surface area (Å²) in [5.74, 6) is -0.00106. The summed E-state index contributed by atoms with van der Waals surface area (Å²) in [5.41, 5.74) is 1.37. The number of nitrogens with zero attached hydrogens (tertiary/aromatic N) is 1. The largest absolute Gasteiger partial charge is 0.286 e. The lowest BCUT2D eigenvalue weighted by atomic mass is 10.1. The van der Waals surface area contributed by atoms with Crippen molar-refractivity contribution in [3.63, 3.8) is 0 Å². The van der Waals surface area contributed by atoms with E-state index in [1.807, 2.05) is 49.4 Å². The van der Waals surface area contributed by atoms with Gasteiger partial charge in [0.2, 0.25) is 5.78 Å². The van der Waals surface area contributed by atoms with Gasteiger partial charge in [0.15, 0.2) is 0 Å². The van der Waals surface area contributed by atoms with Crippen molar-refractivity contribution in [1.82, 2.24) is 4.98 Å². The number of fused-ring (bicyclic) bond motifs is 1. The highest BCUT2D eigenvalue weighted by Crippen LogP contribution is 2.20. The number of hydrogen-bond acceptors (Lipinski definition) is 3. The molecule has 2 heterocycles. The molecule has 0 saturated carbocycles. The fraction of sp³-hybridized carbons (Fsp3) is 0.0667. The number of ketones is 1. The Morgan fingerprint density at radius 3 is 2.67 bits per heavy atom. The zero-order valence-electron chi connectivity index (χ0n) is 9.88. The minimum absolute atomic E-state index is 0.00106. The summed E-state index contributed by atoms with van der Waals surface area (Å²) in [5, 5.41) is 1.05. The fourth-order valence-corrected chi connectivity index (χ4v) is 2.69. The van der Waals surface area contributed by atoms with Gasteiger partial charge in [-0.2, -0.15) is 0 Å². The van der Waals surface area contributed by atoms with Gasteiger partial charge in [-0.05, 0) is 31.2 Å². The normalized spacial score (nSPS) is 10.7. The Hall–Kier alpha value is -2.00. The van der Waals surface area contributed by atoms with Gasteiger partial charge < -0.3 is 0 Å². The molecule has 18 heavy (non-hydrogen) atoms. The van der Waals surface area contributed by atoms with E-state index in [0.29, 0.717) is 5.69 Å². The zero-order valence-corrected chi connectivity index (χ0v) is 10.7. The molecule has 0 aliphatic carbocycles. The molecule has 0 aliphatic rings. The van der Waals surface area contributed by atoms with Gasteiger partial charge in [-0.25, -0.2) is 4.98 Å². The maximum Gasteiger partial charge on any atom is 0.221 e. The Bertz CT molecular complexity index is 730. The monoisotopic (exact) mass is 253 g/mol. The molecule has 0 amide bonds. The average molecular weight is 253 g/mol. The molecule has 3 rings (SSSR count). The summed E-state index contributed by atoms with van der Waals surface area (Å²) in [7, 11) is 0. The van der Waals surface area contributed by atoms with Crippen LogP contribution in [0.1, 0.15) is 20.2 Å². The molecule has 3 aromatic rings. The molecule has 2 aromatic heterocycles. The minimum atomic E-state index is -0.00106. The van der Waals surface area contributed by atoms with Crippen molar-refractivity contribution in [3.8, 4) is 0 Å². The van der Waals surface area contributed by atoms with Crippen LogP contribution < -0.4 is 0 Å². The van der Waals surface area contributed by atoms with E-state index in [1.165, 1.54) is 11.3 Å². The Balaban J connectivity index is 2.06. The highest BCUT2D eigenvalue weighted by molar-refractivity contribution is 7.14. The Labute approximate surface area is 109 Å². The molecular weight excluding hydrogens is 242 g/mol. The Kier molecular flexibility index (Phi) is 2.68. The number of carbonyl (C=O) groups is 1. The molecule has 3 heteroatoms. The van der Waals surface area contributed by atoms with Crippen LogP contribution in [0.2, 0.25) is 0 Å². The number of carbonyl (C=O) groups excluding carboxylic acids is 1. The summed E-state index contributed by atoms with van der Waals surface area (Å²) in [6.07, 6.45) is 0. The third-order valence-electron chi connectivity index (χ3n) is 2.80. The molecule has 0 unspecified atom stereocenters. The number of benzene rings is 1. The van der Waals surface area contributed by atoms with Gasteiger partial charge in [0.1, 0.15) is 5.69 Å². The van der Waals surface area contributed by atoms with Gasteiger partial charge in [-0.3, -0.25) is 4.79 Å². The lowest BCUT2D eigenvalue weighted by molar-refractivity contribution is 0.103. The average Bonchev–Trinajstić information content (AvgIpc) is 2.84. The predicted octanol–water partition coefficient (Wildman–Crippen LogP) is 3.84. The second-order valence-electron chi connectivity index (χ2n) is 4.13. The number of thiophene rings is 1. The summed E-state index contributed by atoms with van der Waals surface area (Å²) < 4.78 is 0. The number of hydrogen-bond donors (Lipinski definition) is 0. The van der Waals surface area contributed by atoms with Crippen molar-refractivity contribution in [2.24, 2.45) is 0 Å². The third kappa shape index (κ3) is 1.93. The number of aryl methyl sites for hydroxylation is 1. The van der Waals surface area contributed by atoms with Gasteiger partial charge in [0, 0.05) is 10.3 Å². The first kappa shape index (κ1) is 11.1. The smallest absolute Gasteiger partial charge is 0.221 e. The van der Waals surface area contributed by atoms with Crippen LogP contribution in [-0.4, -0.2) is 10.8 Å². The number of rotatable bonds is 2. The maximum absolute atomic E-state index is 12.3. The summed E-state index contributed by atoms with van der Waals surface area (Å²) >= 11 is 1.51. The van der Waals surface area contributed by atoms with Crippen LogP contribution >= 0.6 is 11.3 Å². The van der Waals surface area contributed by atoms with Crippen molar-refractivity contribution in [3.05, 3.63) is 64.0 Å². The lowest BCUT2D eigenvalue weighted by Crippen LogP contribution is -2.01. The number of aromatic nitrogens is 1. The molecule has 0 radical (unpaired) electrons. The van der Waals surface area contributed by atoms with Crippen molar-refractivity contribution >= 4 is 28.0 Å². The highest BCUT2D eigenvalue weighted by Gasteiger charge is 2.12. The second kappa shape index (κ2) is 4.35. The Morgan fingerprint density at radius 2 is 1.89 bits per heavy atom. The van der Waals surface area contributed by atoms with Crippen LogP contribution in [0.4, 0.5) is 0 Å². The SMILES string of the molecule is Cc1ccc(C(=O)c2ccc3ccccc3n2)s1. The second-order valence-corrected chi connectivity index (χ2v) is 5.42. The molecule has 1 aromatic carbocycles. The van der Waals surface area contributed by atoms with Crippen LogP contribution in [0, 0.1) is 6.92 Å². The predicted molar refractivity (Wildman–Crippen MR) is 74.2 cm³/mol. The Morgan fingerprint density at radius 1 is 1.06 bits per heavy atom. The first-order valence-electron chi connectivity index (χ1n) is 5.71. The highest BCUT2D eigenvalue weighted by atomic mass is 32.1. The van der Waals surface area contributed by atoms with E-state index in [-0.39, 0.29) is 5.78 Å². The summed E-state index contributed by atoms with van der Waals surface area (Å²) in [4.78, 5) is 18.6. The molecule has 0 spiro atoms. The maximum atomic E-state index is 12.3. The zero-order chi connectivity index (χ0) is 12.5.